The molecule has 0 aromatic heterocycles. The molecule has 0 atom stereocenters. The monoisotopic (exact) mass is 187 g/mol. The van der Waals surface area contributed by atoms with Gasteiger partial charge in [-0.2, -0.15) is 0 Å². The molecule has 0 radical (unpaired) electrons. The summed E-state index contributed by atoms with van der Waals surface area (Å²) in [7, 11) is 0. The van der Waals surface area contributed by atoms with Gasteiger partial charge in [0.2, 0.25) is 5.91 Å². The van der Waals surface area contributed by atoms with Crippen molar-refractivity contribution in [2.75, 3.05) is 4.42 Å². The van der Waals surface area contributed by atoms with E-state index >= 15 is 0 Å². The van der Waals surface area contributed by atoms with Gasteiger partial charge >= 0.3 is 0 Å². The van der Waals surface area contributed by atoms with Crippen molar-refractivity contribution in [2.24, 2.45) is 0 Å². The van der Waals surface area contributed by atoms with E-state index in [4.69, 9.17) is 11.8 Å². The van der Waals surface area contributed by atoms with Crippen molar-refractivity contribution in [2.45, 2.75) is 6.92 Å². The van der Waals surface area contributed by atoms with E-state index in [9.17, 15) is 9.18 Å². The van der Waals surface area contributed by atoms with Crippen LogP contribution in [0.5, 0.6) is 0 Å². The molecule has 64 valence electrons. The minimum atomic E-state index is -0.354. The van der Waals surface area contributed by atoms with E-state index in [0.29, 0.717) is 5.69 Å². The van der Waals surface area contributed by atoms with Crippen LogP contribution in [-0.2, 0) is 4.79 Å². The SMILES string of the molecule is CC(=O)N(Cl)c1ccc(F)cc1. The molecule has 1 aromatic carbocycles. The highest BCUT2D eigenvalue weighted by Gasteiger charge is 2.06. The summed E-state index contributed by atoms with van der Waals surface area (Å²) in [6.07, 6.45) is 0. The molecule has 0 unspecified atom stereocenters. The second-order valence-electron chi connectivity index (χ2n) is 2.28. The van der Waals surface area contributed by atoms with E-state index in [2.05, 4.69) is 0 Å². The standard InChI is InChI=1S/C8H7ClFNO/c1-6(12)11(9)8-4-2-7(10)3-5-8/h2-5H,1H3. The number of amides is 1. The third-order valence-corrected chi connectivity index (χ3v) is 1.76. The molecule has 0 aliphatic carbocycles. The maximum absolute atomic E-state index is 12.4. The molecule has 0 heterocycles. The summed E-state index contributed by atoms with van der Waals surface area (Å²) in [6.45, 7) is 1.33. The Labute approximate surface area is 74.7 Å². The lowest BCUT2D eigenvalue weighted by molar-refractivity contribution is -0.115. The molecule has 0 saturated carbocycles. The summed E-state index contributed by atoms with van der Waals surface area (Å²) in [5.41, 5.74) is 0.463. The molecule has 0 aliphatic heterocycles. The molecule has 2 nitrogen and oxygen atoms in total. The Hall–Kier alpha value is -1.09. The van der Waals surface area contributed by atoms with Gasteiger partial charge in [0, 0.05) is 18.7 Å². The number of hydrogen-bond acceptors (Lipinski definition) is 1. The summed E-state index contributed by atoms with van der Waals surface area (Å²) >= 11 is 5.55. The van der Waals surface area contributed by atoms with Crippen LogP contribution in [0.15, 0.2) is 24.3 Å². The fourth-order valence-electron chi connectivity index (χ4n) is 0.754. The van der Waals surface area contributed by atoms with Gasteiger partial charge in [-0.05, 0) is 24.3 Å². The van der Waals surface area contributed by atoms with Crippen LogP contribution in [0.4, 0.5) is 10.1 Å². The zero-order chi connectivity index (χ0) is 9.14. The van der Waals surface area contributed by atoms with Crippen molar-refractivity contribution in [3.8, 4) is 0 Å². The number of hydrogen-bond donors (Lipinski definition) is 0. The van der Waals surface area contributed by atoms with Gasteiger partial charge in [-0.25, -0.2) is 8.81 Å². The normalized spacial score (nSPS) is 9.58. The fourth-order valence-corrected chi connectivity index (χ4v) is 0.866. The van der Waals surface area contributed by atoms with Gasteiger partial charge in [-0.3, -0.25) is 4.79 Å². The molecule has 12 heavy (non-hydrogen) atoms. The fraction of sp³-hybridized carbons (Fsp3) is 0.125. The second-order valence-corrected chi connectivity index (χ2v) is 2.61. The number of anilines is 1. The summed E-state index contributed by atoms with van der Waals surface area (Å²) in [5, 5.41) is 0. The van der Waals surface area contributed by atoms with Crippen LogP contribution in [0, 0.1) is 5.82 Å². The first-order chi connectivity index (χ1) is 5.61. The summed E-state index contributed by atoms with van der Waals surface area (Å²) in [6, 6.07) is 5.36. The van der Waals surface area contributed by atoms with E-state index in [1.807, 2.05) is 0 Å². The minimum absolute atomic E-state index is 0.303. The lowest BCUT2D eigenvalue weighted by atomic mass is 10.3. The minimum Gasteiger partial charge on any atom is -0.274 e. The molecule has 0 saturated heterocycles. The largest absolute Gasteiger partial charge is 0.274 e. The molecule has 4 heteroatoms. The maximum atomic E-state index is 12.4. The Balaban J connectivity index is 2.89. The molecule has 0 N–H and O–H groups in total. The van der Waals surface area contributed by atoms with Crippen LogP contribution in [0.1, 0.15) is 6.92 Å². The van der Waals surface area contributed by atoms with Gasteiger partial charge in [0.15, 0.2) is 0 Å². The molecular formula is C8H7ClFNO. The van der Waals surface area contributed by atoms with Crippen molar-refractivity contribution in [3.63, 3.8) is 0 Å². The van der Waals surface area contributed by atoms with Gasteiger partial charge in [0.1, 0.15) is 5.82 Å². The quantitative estimate of drug-likeness (QED) is 0.618. The van der Waals surface area contributed by atoms with Gasteiger partial charge < -0.3 is 0 Å². The Morgan fingerprint density at radius 1 is 1.42 bits per heavy atom. The third-order valence-electron chi connectivity index (χ3n) is 1.33. The number of nitrogens with zero attached hydrogens (tertiary/aromatic N) is 1. The smallest absolute Gasteiger partial charge is 0.238 e. The topological polar surface area (TPSA) is 20.3 Å². The molecule has 0 spiro atoms. The van der Waals surface area contributed by atoms with Crippen molar-refractivity contribution in [1.29, 1.82) is 0 Å². The molecule has 1 amide bonds. The van der Waals surface area contributed by atoms with Gasteiger partial charge in [-0.1, -0.05) is 0 Å². The molecule has 0 aliphatic rings. The first-order valence-corrected chi connectivity index (χ1v) is 3.67. The number of rotatable bonds is 1. The van der Waals surface area contributed by atoms with E-state index < -0.39 is 0 Å². The summed E-state index contributed by atoms with van der Waals surface area (Å²) in [4.78, 5) is 10.7. The van der Waals surface area contributed by atoms with E-state index in [-0.39, 0.29) is 11.7 Å². The maximum Gasteiger partial charge on any atom is 0.238 e. The van der Waals surface area contributed by atoms with Crippen LogP contribution in [0.3, 0.4) is 0 Å². The van der Waals surface area contributed by atoms with Gasteiger partial charge in [0.05, 0.1) is 5.69 Å². The van der Waals surface area contributed by atoms with Crippen LogP contribution >= 0.6 is 11.8 Å². The highest BCUT2D eigenvalue weighted by Crippen LogP contribution is 2.16. The van der Waals surface area contributed by atoms with Crippen LogP contribution < -0.4 is 4.42 Å². The third kappa shape index (κ3) is 1.95. The van der Waals surface area contributed by atoms with Crippen molar-refractivity contribution in [1.82, 2.24) is 0 Å². The number of benzene rings is 1. The lowest BCUT2D eigenvalue weighted by Crippen LogP contribution is -2.16. The Bertz CT molecular complexity index is 286. The molecule has 0 bridgehead atoms. The average molecular weight is 188 g/mol. The Kier molecular flexibility index (Phi) is 2.65. The van der Waals surface area contributed by atoms with Crippen LogP contribution in [-0.4, -0.2) is 5.91 Å². The molecule has 0 fully saturated rings. The van der Waals surface area contributed by atoms with Crippen molar-refractivity contribution in [3.05, 3.63) is 30.1 Å². The number of carbonyl (C=O) groups is 1. The summed E-state index contributed by atoms with van der Waals surface area (Å²) < 4.78 is 13.3. The molecule has 1 aromatic rings. The van der Waals surface area contributed by atoms with E-state index in [1.165, 1.54) is 31.2 Å². The van der Waals surface area contributed by atoms with Crippen molar-refractivity contribution >= 4 is 23.4 Å². The summed E-state index contributed by atoms with van der Waals surface area (Å²) in [5.74, 6) is -0.657. The van der Waals surface area contributed by atoms with Gasteiger partial charge in [0.25, 0.3) is 0 Å². The average Bonchev–Trinajstić information content (AvgIpc) is 2.04. The zero-order valence-electron chi connectivity index (χ0n) is 6.42. The second kappa shape index (κ2) is 3.54. The number of halogens is 2. The highest BCUT2D eigenvalue weighted by molar-refractivity contribution is 6.36. The van der Waals surface area contributed by atoms with E-state index in [0.717, 1.165) is 4.42 Å². The number of carbonyl (C=O) groups excluding carboxylic acids is 1. The van der Waals surface area contributed by atoms with Crippen LogP contribution in [0.2, 0.25) is 0 Å². The molecule has 1 rings (SSSR count). The zero-order valence-corrected chi connectivity index (χ0v) is 7.18. The predicted octanol–water partition coefficient (Wildman–Crippen LogP) is 2.33. The predicted molar refractivity (Wildman–Crippen MR) is 45.4 cm³/mol. The lowest BCUT2D eigenvalue weighted by Gasteiger charge is -2.10. The van der Waals surface area contributed by atoms with Gasteiger partial charge in [-0.15, -0.1) is 0 Å². The van der Waals surface area contributed by atoms with Crippen LogP contribution in [0.25, 0.3) is 0 Å². The molecular weight excluding hydrogens is 181 g/mol. The Morgan fingerprint density at radius 2 is 1.92 bits per heavy atom. The highest BCUT2D eigenvalue weighted by atomic mass is 35.5. The first kappa shape index (κ1) is 9.00. The Morgan fingerprint density at radius 3 is 2.33 bits per heavy atom. The van der Waals surface area contributed by atoms with E-state index in [1.54, 1.807) is 0 Å². The first-order valence-electron chi connectivity index (χ1n) is 3.33. The van der Waals surface area contributed by atoms with Crippen molar-refractivity contribution < 1.29 is 9.18 Å².